The fourth-order valence-corrected chi connectivity index (χ4v) is 3.55. The van der Waals surface area contributed by atoms with E-state index in [0.29, 0.717) is 17.7 Å². The summed E-state index contributed by atoms with van der Waals surface area (Å²) in [6.45, 7) is 5.45. The van der Waals surface area contributed by atoms with Crippen LogP contribution in [0, 0.1) is 12.8 Å². The van der Waals surface area contributed by atoms with Crippen molar-refractivity contribution in [1.29, 1.82) is 0 Å². The predicted molar refractivity (Wildman–Crippen MR) is 76.2 cm³/mol. The number of nitrogens with two attached hydrogens (primary N) is 1. The number of rotatable bonds is 6. The summed E-state index contributed by atoms with van der Waals surface area (Å²) in [4.78, 5) is 0.191. The van der Waals surface area contributed by atoms with E-state index in [9.17, 15) is 8.42 Å². The van der Waals surface area contributed by atoms with Gasteiger partial charge in [-0.15, -0.1) is 0 Å². The van der Waals surface area contributed by atoms with Crippen molar-refractivity contribution in [2.75, 3.05) is 12.3 Å². The van der Waals surface area contributed by atoms with Crippen LogP contribution in [0.25, 0.3) is 0 Å². The predicted octanol–water partition coefficient (Wildman–Crippen LogP) is 1.26. The molecule has 6 heteroatoms. The molecule has 1 unspecified atom stereocenters. The molecule has 4 N–H and O–H groups in total. The van der Waals surface area contributed by atoms with Crippen LogP contribution in [0.15, 0.2) is 23.1 Å². The Balaban J connectivity index is 3.07. The first-order valence-electron chi connectivity index (χ1n) is 6.28. The van der Waals surface area contributed by atoms with Crippen LogP contribution in [0.2, 0.25) is 0 Å². The first-order valence-corrected chi connectivity index (χ1v) is 7.76. The topological polar surface area (TPSA) is 92.4 Å². The van der Waals surface area contributed by atoms with Gasteiger partial charge in [0.1, 0.15) is 0 Å². The van der Waals surface area contributed by atoms with E-state index in [-0.39, 0.29) is 23.5 Å². The minimum absolute atomic E-state index is 0.0543. The molecule has 0 saturated carbocycles. The van der Waals surface area contributed by atoms with Gasteiger partial charge in [0.15, 0.2) is 0 Å². The number of hydrogen-bond donors (Lipinski definition) is 3. The lowest BCUT2D eigenvalue weighted by Crippen LogP contribution is -2.39. The SMILES string of the molecule is Cc1c(N)cccc1S(=O)(=O)NC(CCO)C(C)C. The summed E-state index contributed by atoms with van der Waals surface area (Å²) < 4.78 is 27.3. The molecule has 1 atom stereocenters. The van der Waals surface area contributed by atoms with Gasteiger partial charge in [0.25, 0.3) is 0 Å². The van der Waals surface area contributed by atoms with Gasteiger partial charge in [0.05, 0.1) is 4.90 Å². The number of anilines is 1. The Morgan fingerprint density at radius 3 is 2.53 bits per heavy atom. The van der Waals surface area contributed by atoms with Crippen LogP contribution in [-0.4, -0.2) is 26.2 Å². The molecule has 1 aromatic rings. The Bertz CT molecular complexity index is 527. The summed E-state index contributed by atoms with van der Waals surface area (Å²) >= 11 is 0. The molecule has 0 aromatic heterocycles. The van der Waals surface area contributed by atoms with Crippen LogP contribution in [0.3, 0.4) is 0 Å². The molecule has 0 spiro atoms. The van der Waals surface area contributed by atoms with Crippen molar-refractivity contribution >= 4 is 15.7 Å². The molecular formula is C13H22N2O3S. The van der Waals surface area contributed by atoms with Crippen LogP contribution in [-0.2, 0) is 10.0 Å². The van der Waals surface area contributed by atoms with Gasteiger partial charge in [-0.05, 0) is 37.0 Å². The third-order valence-electron chi connectivity index (χ3n) is 3.17. The summed E-state index contributed by atoms with van der Waals surface area (Å²) in [6.07, 6.45) is 0.387. The molecule has 0 aliphatic heterocycles. The Hall–Kier alpha value is -1.11. The number of hydrogen-bond acceptors (Lipinski definition) is 4. The fourth-order valence-electron chi connectivity index (χ4n) is 1.85. The zero-order chi connectivity index (χ0) is 14.6. The van der Waals surface area contributed by atoms with Gasteiger partial charge in [0, 0.05) is 18.3 Å². The average molecular weight is 286 g/mol. The first kappa shape index (κ1) is 15.9. The molecule has 0 aliphatic rings. The Morgan fingerprint density at radius 1 is 1.37 bits per heavy atom. The fraction of sp³-hybridized carbons (Fsp3) is 0.538. The number of benzene rings is 1. The molecule has 0 amide bonds. The molecule has 0 radical (unpaired) electrons. The first-order chi connectivity index (χ1) is 8.79. The molecule has 0 saturated heterocycles. The van der Waals surface area contributed by atoms with Crippen molar-refractivity contribution in [1.82, 2.24) is 4.72 Å². The number of sulfonamides is 1. The lowest BCUT2D eigenvalue weighted by molar-refractivity contribution is 0.256. The second-order valence-electron chi connectivity index (χ2n) is 4.95. The maximum atomic E-state index is 12.3. The van der Waals surface area contributed by atoms with E-state index in [1.165, 1.54) is 6.07 Å². The summed E-state index contributed by atoms with van der Waals surface area (Å²) in [5.74, 6) is 0.100. The van der Waals surface area contributed by atoms with Crippen molar-refractivity contribution < 1.29 is 13.5 Å². The Labute approximate surface area is 114 Å². The number of nitrogens with one attached hydrogen (secondary N) is 1. The van der Waals surface area contributed by atoms with Crippen molar-refractivity contribution in [3.63, 3.8) is 0 Å². The minimum Gasteiger partial charge on any atom is -0.398 e. The van der Waals surface area contributed by atoms with E-state index >= 15 is 0 Å². The van der Waals surface area contributed by atoms with Crippen molar-refractivity contribution in [2.24, 2.45) is 5.92 Å². The normalized spacial score (nSPS) is 13.7. The highest BCUT2D eigenvalue weighted by Crippen LogP contribution is 2.21. The summed E-state index contributed by atoms with van der Waals surface area (Å²) in [5.41, 5.74) is 6.73. The zero-order valence-corrected chi connectivity index (χ0v) is 12.4. The van der Waals surface area contributed by atoms with E-state index in [0.717, 1.165) is 0 Å². The average Bonchev–Trinajstić information content (AvgIpc) is 2.31. The van der Waals surface area contributed by atoms with Crippen LogP contribution >= 0.6 is 0 Å². The summed E-state index contributed by atoms with van der Waals surface area (Å²) in [5, 5.41) is 9.00. The van der Waals surface area contributed by atoms with Crippen LogP contribution in [0.5, 0.6) is 0 Å². The van der Waals surface area contributed by atoms with Gasteiger partial charge in [0.2, 0.25) is 10.0 Å². The van der Waals surface area contributed by atoms with Crippen LogP contribution in [0.1, 0.15) is 25.8 Å². The van der Waals surface area contributed by atoms with Crippen LogP contribution in [0.4, 0.5) is 5.69 Å². The second kappa shape index (κ2) is 6.36. The maximum absolute atomic E-state index is 12.3. The van der Waals surface area contributed by atoms with Gasteiger partial charge in [-0.1, -0.05) is 19.9 Å². The highest BCUT2D eigenvalue weighted by molar-refractivity contribution is 7.89. The molecule has 0 bridgehead atoms. The standard InChI is InChI=1S/C13H22N2O3S/c1-9(2)12(7-8-16)15-19(17,18)13-6-4-5-11(14)10(13)3/h4-6,9,12,15-16H,7-8,14H2,1-3H3. The second-order valence-corrected chi connectivity index (χ2v) is 6.64. The van der Waals surface area contributed by atoms with Crippen molar-refractivity contribution in [3.05, 3.63) is 23.8 Å². The van der Waals surface area contributed by atoms with Gasteiger partial charge in [-0.2, -0.15) is 0 Å². The molecule has 19 heavy (non-hydrogen) atoms. The lowest BCUT2D eigenvalue weighted by Gasteiger charge is -2.22. The van der Waals surface area contributed by atoms with E-state index in [1.807, 2.05) is 13.8 Å². The molecule has 1 rings (SSSR count). The van der Waals surface area contributed by atoms with Gasteiger partial charge in [-0.25, -0.2) is 13.1 Å². The van der Waals surface area contributed by atoms with Gasteiger partial charge in [-0.3, -0.25) is 0 Å². The smallest absolute Gasteiger partial charge is 0.241 e. The minimum atomic E-state index is -3.62. The van der Waals surface area contributed by atoms with E-state index < -0.39 is 10.0 Å². The monoisotopic (exact) mass is 286 g/mol. The number of aliphatic hydroxyl groups is 1. The molecule has 5 nitrogen and oxygen atoms in total. The molecule has 0 aliphatic carbocycles. The summed E-state index contributed by atoms with van der Waals surface area (Å²) in [7, 11) is -3.62. The Kier molecular flexibility index (Phi) is 5.34. The number of aliphatic hydroxyl groups excluding tert-OH is 1. The molecular weight excluding hydrogens is 264 g/mol. The molecule has 1 aromatic carbocycles. The highest BCUT2D eigenvalue weighted by atomic mass is 32.2. The van der Waals surface area contributed by atoms with Crippen molar-refractivity contribution in [3.8, 4) is 0 Å². The van der Waals surface area contributed by atoms with Gasteiger partial charge < -0.3 is 10.8 Å². The third-order valence-corrected chi connectivity index (χ3v) is 4.80. The Morgan fingerprint density at radius 2 is 2.00 bits per heavy atom. The highest BCUT2D eigenvalue weighted by Gasteiger charge is 2.23. The summed E-state index contributed by atoms with van der Waals surface area (Å²) in [6, 6.07) is 4.52. The van der Waals surface area contributed by atoms with E-state index in [1.54, 1.807) is 19.1 Å². The van der Waals surface area contributed by atoms with Gasteiger partial charge >= 0.3 is 0 Å². The van der Waals surface area contributed by atoms with E-state index in [2.05, 4.69) is 4.72 Å². The maximum Gasteiger partial charge on any atom is 0.241 e. The quantitative estimate of drug-likeness (QED) is 0.686. The number of nitrogen functional groups attached to an aromatic ring is 1. The molecule has 108 valence electrons. The van der Waals surface area contributed by atoms with Crippen molar-refractivity contribution in [2.45, 2.75) is 38.1 Å². The van der Waals surface area contributed by atoms with E-state index in [4.69, 9.17) is 10.8 Å². The largest absolute Gasteiger partial charge is 0.398 e. The lowest BCUT2D eigenvalue weighted by atomic mass is 10.0. The zero-order valence-electron chi connectivity index (χ0n) is 11.6. The molecule has 0 fully saturated rings. The van der Waals surface area contributed by atoms with Crippen LogP contribution < -0.4 is 10.5 Å². The third kappa shape index (κ3) is 3.92. The molecule has 0 heterocycles.